The number of nitrogens with zero attached hydrogens (tertiary/aromatic N) is 3. The van der Waals surface area contributed by atoms with Crippen molar-refractivity contribution < 1.29 is 13.2 Å². The maximum Gasteiger partial charge on any atom is 0.248 e. The van der Waals surface area contributed by atoms with Gasteiger partial charge in [0.25, 0.3) is 0 Å². The van der Waals surface area contributed by atoms with Crippen LogP contribution in [0.2, 0.25) is 0 Å². The fourth-order valence-corrected chi connectivity index (χ4v) is 4.87. The topological polar surface area (TPSA) is 108 Å². The Morgan fingerprint density at radius 2 is 2.00 bits per heavy atom. The normalized spacial score (nSPS) is 18.4. The molecule has 1 fully saturated rings. The van der Waals surface area contributed by atoms with E-state index in [0.717, 1.165) is 17.8 Å². The number of rotatable bonds is 6. The predicted octanol–water partition coefficient (Wildman–Crippen LogP) is 2.30. The summed E-state index contributed by atoms with van der Waals surface area (Å²) in [5, 5.41) is 4.60. The number of primary amides is 1. The zero-order chi connectivity index (χ0) is 19.6. The van der Waals surface area contributed by atoms with Gasteiger partial charge in [-0.3, -0.25) is 4.79 Å². The Hall–Kier alpha value is -2.48. The molecular weight excluding hydrogens is 364 g/mol. The summed E-state index contributed by atoms with van der Waals surface area (Å²) < 4.78 is 25.6. The molecule has 0 aliphatic carbocycles. The monoisotopic (exact) mass is 388 g/mol. The number of nitrogens with two attached hydrogens (primary N) is 1. The molecule has 1 atom stereocenters. The lowest BCUT2D eigenvalue weighted by molar-refractivity contribution is 0.100. The van der Waals surface area contributed by atoms with Crippen LogP contribution in [0.1, 0.15) is 48.9 Å². The van der Waals surface area contributed by atoms with Gasteiger partial charge >= 0.3 is 0 Å². The number of carbonyl (C=O) groups excluding carboxylic acids is 1. The van der Waals surface area contributed by atoms with Crippen LogP contribution in [0.3, 0.4) is 0 Å². The minimum absolute atomic E-state index is 0.103. The quantitative estimate of drug-likeness (QED) is 0.764. The van der Waals surface area contributed by atoms with Crippen LogP contribution >= 0.6 is 0 Å². The number of amides is 1. The van der Waals surface area contributed by atoms with E-state index in [0.29, 0.717) is 24.2 Å². The summed E-state index contributed by atoms with van der Waals surface area (Å²) >= 11 is 0. The Kier molecular flexibility index (Phi) is 5.46. The third-order valence-corrected chi connectivity index (χ3v) is 6.35. The first-order chi connectivity index (χ1) is 12.7. The van der Waals surface area contributed by atoms with Crippen LogP contribution in [0.15, 0.2) is 35.9 Å². The zero-order valence-corrected chi connectivity index (χ0v) is 16.4. The fourth-order valence-electron chi connectivity index (χ4n) is 3.18. The van der Waals surface area contributed by atoms with Gasteiger partial charge in [-0.05, 0) is 38.8 Å². The maximum absolute atomic E-state index is 11.9. The van der Waals surface area contributed by atoms with E-state index in [9.17, 15) is 13.2 Å². The van der Waals surface area contributed by atoms with Gasteiger partial charge in [0.1, 0.15) is 5.82 Å². The van der Waals surface area contributed by atoms with E-state index in [-0.39, 0.29) is 17.5 Å². The van der Waals surface area contributed by atoms with Crippen molar-refractivity contribution in [3.63, 3.8) is 0 Å². The molecule has 3 rings (SSSR count). The number of hydrogen-bond acceptors (Lipinski definition) is 5. The van der Waals surface area contributed by atoms with Crippen LogP contribution in [-0.4, -0.2) is 40.6 Å². The number of carbonyl (C=O) groups is 1. The first kappa shape index (κ1) is 19.3. The summed E-state index contributed by atoms with van der Waals surface area (Å²) in [6, 6.07) is 6.61. The molecule has 2 N–H and O–H groups in total. The average Bonchev–Trinajstić information content (AvgIpc) is 3.18. The molecule has 7 nitrogen and oxygen atoms in total. The maximum atomic E-state index is 11.9. The van der Waals surface area contributed by atoms with E-state index in [2.05, 4.69) is 16.2 Å². The zero-order valence-electron chi connectivity index (χ0n) is 15.6. The molecule has 1 aromatic heterocycles. The van der Waals surface area contributed by atoms with Crippen molar-refractivity contribution in [3.05, 3.63) is 47.3 Å². The van der Waals surface area contributed by atoms with Crippen molar-refractivity contribution in [3.8, 4) is 11.4 Å². The SMILES string of the molecule is CC(C)=CCCc1nc(-c2ccc(C(N)=O)cc2)nn1C1CCS(=O)(=O)C1. The molecule has 1 aromatic carbocycles. The first-order valence-electron chi connectivity index (χ1n) is 8.94. The molecular formula is C19H24N4O3S. The second-order valence-electron chi connectivity index (χ2n) is 7.11. The van der Waals surface area contributed by atoms with Crippen LogP contribution in [0.5, 0.6) is 0 Å². The largest absolute Gasteiger partial charge is 0.366 e. The lowest BCUT2D eigenvalue weighted by Gasteiger charge is -2.11. The highest BCUT2D eigenvalue weighted by molar-refractivity contribution is 7.91. The Morgan fingerprint density at radius 1 is 1.30 bits per heavy atom. The first-order valence-corrected chi connectivity index (χ1v) is 10.8. The van der Waals surface area contributed by atoms with Crippen molar-refractivity contribution in [2.75, 3.05) is 11.5 Å². The molecule has 144 valence electrons. The molecule has 27 heavy (non-hydrogen) atoms. The Balaban J connectivity index is 1.93. The molecule has 8 heteroatoms. The molecule has 2 heterocycles. The molecule has 1 aliphatic heterocycles. The van der Waals surface area contributed by atoms with Gasteiger partial charge in [0.15, 0.2) is 15.7 Å². The van der Waals surface area contributed by atoms with Crippen molar-refractivity contribution in [1.82, 2.24) is 14.8 Å². The van der Waals surface area contributed by atoms with Gasteiger partial charge in [0, 0.05) is 17.5 Å². The van der Waals surface area contributed by atoms with Gasteiger partial charge < -0.3 is 5.73 Å². The van der Waals surface area contributed by atoms with E-state index >= 15 is 0 Å². The number of hydrogen-bond donors (Lipinski definition) is 1. The van der Waals surface area contributed by atoms with Gasteiger partial charge in [-0.15, -0.1) is 0 Å². The van der Waals surface area contributed by atoms with Gasteiger partial charge in [-0.25, -0.2) is 18.1 Å². The summed E-state index contributed by atoms with van der Waals surface area (Å²) in [7, 11) is -3.02. The van der Waals surface area contributed by atoms with Crippen LogP contribution in [0.25, 0.3) is 11.4 Å². The highest BCUT2D eigenvalue weighted by Gasteiger charge is 2.31. The minimum atomic E-state index is -3.02. The third-order valence-electron chi connectivity index (χ3n) is 4.60. The smallest absolute Gasteiger partial charge is 0.248 e. The highest BCUT2D eigenvalue weighted by atomic mass is 32.2. The molecule has 1 saturated heterocycles. The lowest BCUT2D eigenvalue weighted by atomic mass is 10.1. The van der Waals surface area contributed by atoms with Gasteiger partial charge in [-0.2, -0.15) is 5.10 Å². The number of benzene rings is 1. The van der Waals surface area contributed by atoms with Gasteiger partial charge in [-0.1, -0.05) is 23.8 Å². The summed E-state index contributed by atoms with van der Waals surface area (Å²) in [6.45, 7) is 4.08. The van der Waals surface area contributed by atoms with E-state index in [1.165, 1.54) is 5.57 Å². The predicted molar refractivity (Wildman–Crippen MR) is 104 cm³/mol. The second kappa shape index (κ2) is 7.64. The van der Waals surface area contributed by atoms with Crippen LogP contribution in [0.4, 0.5) is 0 Å². The minimum Gasteiger partial charge on any atom is -0.366 e. The van der Waals surface area contributed by atoms with E-state index in [1.54, 1.807) is 28.9 Å². The van der Waals surface area contributed by atoms with Gasteiger partial charge in [0.05, 0.1) is 17.5 Å². The number of sulfone groups is 1. The Bertz CT molecular complexity index is 971. The molecule has 0 spiro atoms. The van der Waals surface area contributed by atoms with Crippen molar-refractivity contribution in [2.24, 2.45) is 5.73 Å². The number of aromatic nitrogens is 3. The molecule has 0 bridgehead atoms. The van der Waals surface area contributed by atoms with Crippen molar-refractivity contribution in [2.45, 2.75) is 39.2 Å². The Labute approximate surface area is 159 Å². The molecule has 1 amide bonds. The number of allylic oxidation sites excluding steroid dienone is 2. The van der Waals surface area contributed by atoms with Crippen LogP contribution in [-0.2, 0) is 16.3 Å². The fraction of sp³-hybridized carbons (Fsp3) is 0.421. The van der Waals surface area contributed by atoms with E-state index in [1.807, 2.05) is 13.8 Å². The molecule has 0 saturated carbocycles. The van der Waals surface area contributed by atoms with Crippen molar-refractivity contribution in [1.29, 1.82) is 0 Å². The second-order valence-corrected chi connectivity index (χ2v) is 9.34. The summed E-state index contributed by atoms with van der Waals surface area (Å²) in [5.41, 5.74) is 7.70. The summed E-state index contributed by atoms with van der Waals surface area (Å²) in [5.74, 6) is 1.12. The molecule has 2 aromatic rings. The molecule has 1 aliphatic rings. The Morgan fingerprint density at radius 3 is 2.56 bits per heavy atom. The number of aryl methyl sites for hydroxylation is 1. The summed E-state index contributed by atoms with van der Waals surface area (Å²) in [4.78, 5) is 15.9. The molecule has 0 radical (unpaired) electrons. The average molecular weight is 388 g/mol. The van der Waals surface area contributed by atoms with Crippen molar-refractivity contribution >= 4 is 15.7 Å². The summed E-state index contributed by atoms with van der Waals surface area (Å²) in [6.07, 6.45) is 4.20. The standard InChI is InChI=1S/C19H24N4O3S/c1-13(2)4-3-5-17-21-19(15-8-6-14(7-9-15)18(20)24)22-23(17)16-10-11-27(25,26)12-16/h4,6-9,16H,3,5,10-12H2,1-2H3,(H2,20,24). The highest BCUT2D eigenvalue weighted by Crippen LogP contribution is 2.27. The van der Waals surface area contributed by atoms with Gasteiger partial charge in [0.2, 0.25) is 5.91 Å². The third kappa shape index (κ3) is 4.63. The van der Waals surface area contributed by atoms with E-state index < -0.39 is 15.7 Å². The lowest BCUT2D eigenvalue weighted by Crippen LogP contribution is -2.15. The molecule has 1 unspecified atom stereocenters. The van der Waals surface area contributed by atoms with E-state index in [4.69, 9.17) is 5.73 Å². The van der Waals surface area contributed by atoms with Crippen LogP contribution < -0.4 is 5.73 Å². The van der Waals surface area contributed by atoms with Crippen LogP contribution in [0, 0.1) is 0 Å².